The van der Waals surface area contributed by atoms with Gasteiger partial charge in [0.2, 0.25) is 0 Å². The molecule has 0 radical (unpaired) electrons. The molecule has 1 fully saturated rings. The molecule has 0 aliphatic carbocycles. The van der Waals surface area contributed by atoms with E-state index in [1.807, 2.05) is 0 Å². The lowest BCUT2D eigenvalue weighted by Gasteiger charge is -2.24. The zero-order valence-electron chi connectivity index (χ0n) is 10.8. The summed E-state index contributed by atoms with van der Waals surface area (Å²) in [5.41, 5.74) is -2.59. The molecule has 20 heavy (non-hydrogen) atoms. The normalized spacial score (nSPS) is 22.9. The Morgan fingerprint density at radius 2 is 2.10 bits per heavy atom. The molecule has 0 bridgehead atoms. The topological polar surface area (TPSA) is 41.1 Å². The average Bonchev–Trinajstić information content (AvgIpc) is 2.74. The van der Waals surface area contributed by atoms with E-state index in [-0.39, 0.29) is 0 Å². The van der Waals surface area contributed by atoms with Gasteiger partial charge in [0.15, 0.2) is 0 Å². The van der Waals surface area contributed by atoms with Crippen LogP contribution in [0.5, 0.6) is 0 Å². The Morgan fingerprint density at radius 3 is 2.65 bits per heavy atom. The maximum Gasteiger partial charge on any atom is 0.419 e. The summed E-state index contributed by atoms with van der Waals surface area (Å²) in [7, 11) is 0. The summed E-state index contributed by atoms with van der Waals surface area (Å²) in [6, 6.07) is 2.69. The predicted octanol–water partition coefficient (Wildman–Crippen LogP) is 2.33. The Balaban J connectivity index is 2.27. The molecule has 0 spiro atoms. The van der Waals surface area contributed by atoms with Gasteiger partial charge in [-0.05, 0) is 32.0 Å². The molecule has 0 saturated carbocycles. The van der Waals surface area contributed by atoms with E-state index in [2.05, 4.69) is 10.6 Å². The molecule has 1 aromatic rings. The zero-order chi connectivity index (χ0) is 15.0. The second-order valence-corrected chi connectivity index (χ2v) is 5.11. The zero-order valence-corrected chi connectivity index (χ0v) is 10.8. The highest BCUT2D eigenvalue weighted by molar-refractivity contribution is 5.95. The van der Waals surface area contributed by atoms with Crippen molar-refractivity contribution in [2.75, 3.05) is 13.1 Å². The van der Waals surface area contributed by atoms with Crippen LogP contribution in [0.1, 0.15) is 29.3 Å². The van der Waals surface area contributed by atoms with Crippen LogP contribution in [0.3, 0.4) is 0 Å². The van der Waals surface area contributed by atoms with E-state index in [0.29, 0.717) is 25.6 Å². The van der Waals surface area contributed by atoms with Crippen molar-refractivity contribution in [2.45, 2.75) is 25.1 Å². The van der Waals surface area contributed by atoms with E-state index in [0.717, 1.165) is 12.1 Å². The van der Waals surface area contributed by atoms with Gasteiger partial charge in [-0.3, -0.25) is 4.79 Å². The van der Waals surface area contributed by atoms with Crippen molar-refractivity contribution >= 4 is 5.91 Å². The molecule has 1 unspecified atom stereocenters. The van der Waals surface area contributed by atoms with Gasteiger partial charge in [-0.1, -0.05) is 6.07 Å². The molecular formula is C13H14F4N2O. The molecule has 1 atom stereocenters. The van der Waals surface area contributed by atoms with E-state index in [4.69, 9.17) is 0 Å². The summed E-state index contributed by atoms with van der Waals surface area (Å²) in [5, 5.41) is 5.61. The van der Waals surface area contributed by atoms with Crippen LogP contribution < -0.4 is 10.6 Å². The van der Waals surface area contributed by atoms with Gasteiger partial charge in [0.1, 0.15) is 5.82 Å². The number of benzene rings is 1. The highest BCUT2D eigenvalue weighted by Crippen LogP contribution is 2.32. The molecule has 1 aromatic carbocycles. The number of halogens is 4. The van der Waals surface area contributed by atoms with Gasteiger partial charge >= 0.3 is 6.18 Å². The molecule has 3 nitrogen and oxygen atoms in total. The third-order valence-electron chi connectivity index (χ3n) is 3.33. The summed E-state index contributed by atoms with van der Waals surface area (Å²) >= 11 is 0. The van der Waals surface area contributed by atoms with Gasteiger partial charge in [0.25, 0.3) is 5.91 Å². The Labute approximate surface area is 113 Å². The molecular weight excluding hydrogens is 276 g/mol. The van der Waals surface area contributed by atoms with E-state index in [1.165, 1.54) is 0 Å². The molecule has 7 heteroatoms. The summed E-state index contributed by atoms with van der Waals surface area (Å²) in [6.07, 6.45) is -4.18. The average molecular weight is 290 g/mol. The van der Waals surface area contributed by atoms with E-state index < -0.39 is 34.6 Å². The Morgan fingerprint density at radius 1 is 1.40 bits per heavy atom. The third kappa shape index (κ3) is 2.92. The molecule has 1 heterocycles. The summed E-state index contributed by atoms with van der Waals surface area (Å²) in [4.78, 5) is 12.0. The van der Waals surface area contributed by atoms with Gasteiger partial charge < -0.3 is 10.6 Å². The Hall–Kier alpha value is -1.63. The van der Waals surface area contributed by atoms with Crippen molar-refractivity contribution in [1.82, 2.24) is 10.6 Å². The fourth-order valence-corrected chi connectivity index (χ4v) is 2.19. The second-order valence-electron chi connectivity index (χ2n) is 5.11. The van der Waals surface area contributed by atoms with Gasteiger partial charge in [-0.2, -0.15) is 13.2 Å². The summed E-state index contributed by atoms with van der Waals surface area (Å²) in [6.45, 7) is 2.96. The SMILES string of the molecule is CC1(NC(=O)c2cccc(C(F)(F)F)c2F)CCNC1. The quantitative estimate of drug-likeness (QED) is 0.821. The van der Waals surface area contributed by atoms with Crippen LogP contribution in [0.15, 0.2) is 18.2 Å². The van der Waals surface area contributed by atoms with Crippen LogP contribution in [-0.2, 0) is 6.18 Å². The molecule has 2 N–H and O–H groups in total. The molecule has 1 saturated heterocycles. The Kier molecular flexibility index (Phi) is 3.73. The van der Waals surface area contributed by atoms with E-state index in [9.17, 15) is 22.4 Å². The highest BCUT2D eigenvalue weighted by Gasteiger charge is 2.37. The monoisotopic (exact) mass is 290 g/mol. The maximum absolute atomic E-state index is 13.8. The second kappa shape index (κ2) is 5.05. The lowest BCUT2D eigenvalue weighted by molar-refractivity contribution is -0.140. The van der Waals surface area contributed by atoms with Crippen molar-refractivity contribution in [3.8, 4) is 0 Å². The minimum Gasteiger partial charge on any atom is -0.345 e. The molecule has 1 aliphatic rings. The first-order valence-electron chi connectivity index (χ1n) is 6.12. The molecule has 2 rings (SSSR count). The van der Waals surface area contributed by atoms with Crippen LogP contribution >= 0.6 is 0 Å². The van der Waals surface area contributed by atoms with Crippen LogP contribution in [0.4, 0.5) is 17.6 Å². The van der Waals surface area contributed by atoms with Crippen LogP contribution in [0.25, 0.3) is 0 Å². The first kappa shape index (κ1) is 14.8. The van der Waals surface area contributed by atoms with Crippen molar-refractivity contribution in [2.24, 2.45) is 0 Å². The number of carbonyl (C=O) groups is 1. The van der Waals surface area contributed by atoms with Gasteiger partial charge in [0.05, 0.1) is 16.7 Å². The number of rotatable bonds is 2. The molecule has 1 aliphatic heterocycles. The minimum absolute atomic E-state index is 0.499. The largest absolute Gasteiger partial charge is 0.419 e. The highest BCUT2D eigenvalue weighted by atomic mass is 19.4. The van der Waals surface area contributed by atoms with Crippen molar-refractivity contribution in [1.29, 1.82) is 0 Å². The van der Waals surface area contributed by atoms with Crippen LogP contribution in [-0.4, -0.2) is 24.5 Å². The fraction of sp³-hybridized carbons (Fsp3) is 0.462. The minimum atomic E-state index is -4.82. The fourth-order valence-electron chi connectivity index (χ4n) is 2.19. The Bertz CT molecular complexity index is 522. The lowest BCUT2D eigenvalue weighted by Crippen LogP contribution is -2.47. The molecule has 0 aromatic heterocycles. The van der Waals surface area contributed by atoms with E-state index in [1.54, 1.807) is 6.92 Å². The smallest absolute Gasteiger partial charge is 0.345 e. The number of carbonyl (C=O) groups excluding carboxylic acids is 1. The predicted molar refractivity (Wildman–Crippen MR) is 64.8 cm³/mol. The maximum atomic E-state index is 13.8. The number of alkyl halides is 3. The van der Waals surface area contributed by atoms with E-state index >= 15 is 0 Å². The number of amides is 1. The van der Waals surface area contributed by atoms with Crippen molar-refractivity contribution in [3.63, 3.8) is 0 Å². The van der Waals surface area contributed by atoms with Gasteiger partial charge in [0, 0.05) is 6.54 Å². The van der Waals surface area contributed by atoms with Crippen molar-refractivity contribution in [3.05, 3.63) is 35.1 Å². The molecule has 1 amide bonds. The van der Waals surface area contributed by atoms with Crippen LogP contribution in [0.2, 0.25) is 0 Å². The number of hydrogen-bond acceptors (Lipinski definition) is 2. The summed E-state index contributed by atoms with van der Waals surface area (Å²) < 4.78 is 51.6. The first-order chi connectivity index (χ1) is 9.23. The summed E-state index contributed by atoms with van der Waals surface area (Å²) in [5.74, 6) is -2.37. The lowest BCUT2D eigenvalue weighted by atomic mass is 10.0. The first-order valence-corrected chi connectivity index (χ1v) is 6.12. The van der Waals surface area contributed by atoms with Crippen LogP contribution in [0, 0.1) is 5.82 Å². The van der Waals surface area contributed by atoms with Crippen molar-refractivity contribution < 1.29 is 22.4 Å². The third-order valence-corrected chi connectivity index (χ3v) is 3.33. The standard InChI is InChI=1S/C13H14F4N2O/c1-12(5-6-18-7-12)19-11(20)8-3-2-4-9(10(8)14)13(15,16)17/h2-4,18H,5-7H2,1H3,(H,19,20). The van der Waals surface area contributed by atoms with Gasteiger partial charge in [-0.25, -0.2) is 4.39 Å². The van der Waals surface area contributed by atoms with Gasteiger partial charge in [-0.15, -0.1) is 0 Å². The number of nitrogens with one attached hydrogen (secondary N) is 2. The number of hydrogen-bond donors (Lipinski definition) is 2. The molecule has 110 valence electrons.